The third-order valence-electron chi connectivity index (χ3n) is 2.44. The van der Waals surface area contributed by atoms with Crippen molar-refractivity contribution in [3.8, 4) is 0 Å². The maximum absolute atomic E-state index is 5.38. The minimum atomic E-state index is 0.139. The normalized spacial score (nSPS) is 12.1. The Hall–Kier alpha value is -1.95. The molecule has 1 atom stereocenters. The minimum Gasteiger partial charge on any atom is -0.376 e. The Morgan fingerprint density at radius 2 is 2.12 bits per heavy atom. The van der Waals surface area contributed by atoms with E-state index in [1.165, 1.54) is 0 Å². The molecule has 17 heavy (non-hydrogen) atoms. The number of aromatic nitrogens is 3. The van der Waals surface area contributed by atoms with E-state index in [4.69, 9.17) is 18.0 Å². The Kier molecular flexibility index (Phi) is 3.34. The van der Waals surface area contributed by atoms with Gasteiger partial charge >= 0.3 is 0 Å². The van der Waals surface area contributed by atoms with Crippen LogP contribution in [0.5, 0.6) is 0 Å². The lowest BCUT2D eigenvalue weighted by atomic mass is 10.1. The monoisotopic (exact) mass is 247 g/mol. The van der Waals surface area contributed by atoms with Gasteiger partial charge in [0.05, 0.1) is 6.04 Å². The lowest BCUT2D eigenvalue weighted by Gasteiger charge is -2.11. The third kappa shape index (κ3) is 2.79. The van der Waals surface area contributed by atoms with Crippen LogP contribution < -0.4 is 11.1 Å². The van der Waals surface area contributed by atoms with Crippen LogP contribution in [0.2, 0.25) is 0 Å². The predicted molar refractivity (Wildman–Crippen MR) is 70.7 cm³/mol. The average molecular weight is 247 g/mol. The zero-order valence-electron chi connectivity index (χ0n) is 9.37. The molecular formula is C11H13N5S. The average Bonchev–Trinajstić information content (AvgIpc) is 2.77. The first-order valence-corrected chi connectivity index (χ1v) is 5.59. The molecule has 0 fully saturated rings. The van der Waals surface area contributed by atoms with Gasteiger partial charge in [-0.15, -0.1) is 0 Å². The van der Waals surface area contributed by atoms with Crippen molar-refractivity contribution in [3.63, 3.8) is 0 Å². The van der Waals surface area contributed by atoms with Crippen molar-refractivity contribution in [3.05, 3.63) is 42.4 Å². The van der Waals surface area contributed by atoms with Crippen LogP contribution in [0, 0.1) is 0 Å². The molecule has 0 amide bonds. The zero-order valence-corrected chi connectivity index (χ0v) is 10.2. The minimum absolute atomic E-state index is 0.139. The Morgan fingerprint density at radius 1 is 1.41 bits per heavy atom. The number of nitrogens with one attached hydrogen (secondary N) is 1. The summed E-state index contributed by atoms with van der Waals surface area (Å²) in [5.41, 5.74) is 6.53. The van der Waals surface area contributed by atoms with Gasteiger partial charge in [-0.2, -0.15) is 5.10 Å². The molecular weight excluding hydrogens is 234 g/mol. The number of pyridine rings is 1. The molecule has 1 unspecified atom stereocenters. The summed E-state index contributed by atoms with van der Waals surface area (Å²) in [6, 6.07) is 5.90. The van der Waals surface area contributed by atoms with Crippen LogP contribution in [0.25, 0.3) is 0 Å². The van der Waals surface area contributed by atoms with Gasteiger partial charge in [0.2, 0.25) is 0 Å². The number of nitrogens with two attached hydrogens (primary N) is 1. The number of thiocarbonyl (C=S) groups is 1. The van der Waals surface area contributed by atoms with Gasteiger partial charge in [0.15, 0.2) is 10.9 Å². The molecule has 0 bridgehead atoms. The van der Waals surface area contributed by atoms with E-state index < -0.39 is 0 Å². The lowest BCUT2D eigenvalue weighted by molar-refractivity contribution is 0.566. The molecule has 0 saturated carbocycles. The van der Waals surface area contributed by atoms with E-state index in [0.29, 0.717) is 5.82 Å². The number of anilines is 1. The van der Waals surface area contributed by atoms with Crippen LogP contribution in [0.3, 0.4) is 0 Å². The van der Waals surface area contributed by atoms with E-state index in [-0.39, 0.29) is 11.2 Å². The van der Waals surface area contributed by atoms with E-state index in [0.717, 1.165) is 5.56 Å². The molecule has 0 saturated heterocycles. The second-order valence-electron chi connectivity index (χ2n) is 3.63. The Balaban J connectivity index is 2.17. The van der Waals surface area contributed by atoms with Crippen molar-refractivity contribution in [1.82, 2.24) is 14.8 Å². The van der Waals surface area contributed by atoms with Gasteiger partial charge in [-0.05, 0) is 36.8 Å². The van der Waals surface area contributed by atoms with E-state index in [2.05, 4.69) is 22.3 Å². The highest BCUT2D eigenvalue weighted by atomic mass is 32.1. The van der Waals surface area contributed by atoms with E-state index in [9.17, 15) is 0 Å². The fourth-order valence-electron chi connectivity index (χ4n) is 1.54. The summed E-state index contributed by atoms with van der Waals surface area (Å²) in [7, 11) is 0. The fourth-order valence-corrected chi connectivity index (χ4v) is 1.65. The molecule has 6 heteroatoms. The van der Waals surface area contributed by atoms with Crippen LogP contribution in [-0.2, 0) is 0 Å². The molecule has 0 aliphatic heterocycles. The summed E-state index contributed by atoms with van der Waals surface area (Å²) in [6.07, 6.45) is 5.42. The first kappa shape index (κ1) is 11.5. The first-order chi connectivity index (χ1) is 8.16. The van der Waals surface area contributed by atoms with E-state index >= 15 is 0 Å². The molecule has 2 heterocycles. The van der Waals surface area contributed by atoms with E-state index in [1.807, 2.05) is 29.1 Å². The number of nitrogens with zero attached hydrogens (tertiary/aromatic N) is 3. The summed E-state index contributed by atoms with van der Waals surface area (Å²) >= 11 is 4.76. The summed E-state index contributed by atoms with van der Waals surface area (Å²) < 4.78 is 1.84. The molecule has 0 aliphatic rings. The first-order valence-electron chi connectivity index (χ1n) is 5.18. The molecule has 5 nitrogen and oxygen atoms in total. The lowest BCUT2D eigenvalue weighted by Crippen LogP contribution is -2.19. The van der Waals surface area contributed by atoms with Crippen LogP contribution >= 0.6 is 12.2 Å². The molecule has 2 aromatic heterocycles. The predicted octanol–water partition coefficient (Wildman–Crippen LogP) is 1.54. The largest absolute Gasteiger partial charge is 0.376 e. The van der Waals surface area contributed by atoms with Gasteiger partial charge in [-0.25, -0.2) is 0 Å². The van der Waals surface area contributed by atoms with Gasteiger partial charge in [-0.3, -0.25) is 9.67 Å². The van der Waals surface area contributed by atoms with Crippen LogP contribution in [-0.4, -0.2) is 19.9 Å². The van der Waals surface area contributed by atoms with Gasteiger partial charge in [-0.1, -0.05) is 0 Å². The number of hydrogen-bond acceptors (Lipinski definition) is 3. The van der Waals surface area contributed by atoms with E-state index in [1.54, 1.807) is 12.4 Å². The Bertz CT molecular complexity index is 508. The quantitative estimate of drug-likeness (QED) is 0.805. The second kappa shape index (κ2) is 4.92. The topological polar surface area (TPSA) is 68.8 Å². The highest BCUT2D eigenvalue weighted by Crippen LogP contribution is 2.17. The summed E-state index contributed by atoms with van der Waals surface area (Å²) in [5, 5.41) is 7.36. The van der Waals surface area contributed by atoms with Gasteiger partial charge in [0.1, 0.15) is 0 Å². The Morgan fingerprint density at radius 3 is 2.76 bits per heavy atom. The summed E-state index contributed by atoms with van der Waals surface area (Å²) in [4.78, 5) is 3.99. The van der Waals surface area contributed by atoms with Gasteiger partial charge in [0.25, 0.3) is 0 Å². The molecule has 0 aliphatic carbocycles. The van der Waals surface area contributed by atoms with Crippen molar-refractivity contribution in [1.29, 1.82) is 0 Å². The maximum Gasteiger partial charge on any atom is 0.169 e. The smallest absolute Gasteiger partial charge is 0.169 e. The highest BCUT2D eigenvalue weighted by Gasteiger charge is 2.08. The number of rotatable bonds is 3. The van der Waals surface area contributed by atoms with Crippen molar-refractivity contribution >= 4 is 23.1 Å². The van der Waals surface area contributed by atoms with Gasteiger partial charge < -0.3 is 11.1 Å². The Labute approximate surface area is 105 Å². The summed E-state index contributed by atoms with van der Waals surface area (Å²) in [5.74, 6) is 0.651. The second-order valence-corrected chi connectivity index (χ2v) is 4.07. The molecule has 0 spiro atoms. The van der Waals surface area contributed by atoms with Crippen molar-refractivity contribution in [2.75, 3.05) is 5.32 Å². The molecule has 3 N–H and O–H groups in total. The SMILES string of the molecule is CC(c1ccncc1)n1ccc(NC(N)=S)n1. The third-order valence-corrected chi connectivity index (χ3v) is 2.55. The van der Waals surface area contributed by atoms with Crippen molar-refractivity contribution in [2.24, 2.45) is 5.73 Å². The van der Waals surface area contributed by atoms with Crippen molar-refractivity contribution < 1.29 is 0 Å². The standard InChI is InChI=1S/C11H13N5S/c1-8(9-2-5-13-6-3-9)16-7-4-10(15-16)14-11(12)17/h2-8H,1H3,(H3,12,14,15,17). The number of hydrogen-bond donors (Lipinski definition) is 2. The summed E-state index contributed by atoms with van der Waals surface area (Å²) in [6.45, 7) is 2.06. The zero-order chi connectivity index (χ0) is 12.3. The van der Waals surface area contributed by atoms with Gasteiger partial charge in [0, 0.05) is 24.7 Å². The maximum atomic E-state index is 5.38. The van der Waals surface area contributed by atoms with Crippen LogP contribution in [0.4, 0.5) is 5.82 Å². The molecule has 0 aromatic carbocycles. The molecule has 2 aromatic rings. The van der Waals surface area contributed by atoms with Crippen molar-refractivity contribution in [2.45, 2.75) is 13.0 Å². The van der Waals surface area contributed by atoms with Crippen LogP contribution in [0.1, 0.15) is 18.5 Å². The molecule has 2 rings (SSSR count). The highest BCUT2D eigenvalue weighted by molar-refractivity contribution is 7.80. The van der Waals surface area contributed by atoms with Crippen LogP contribution in [0.15, 0.2) is 36.8 Å². The fraction of sp³-hybridized carbons (Fsp3) is 0.182. The molecule has 0 radical (unpaired) electrons. The molecule has 88 valence electrons.